The summed E-state index contributed by atoms with van der Waals surface area (Å²) >= 11 is 7.11. The SMILES string of the molecule is CCOC(=O)c1cc(C#N)c(SC(C)C(=O)Nc2cc(Cl)ccc2OC)nc1C. The Balaban J connectivity index is 2.22. The van der Waals surface area contributed by atoms with E-state index in [1.807, 2.05) is 6.07 Å². The fraction of sp³-hybridized carbons (Fsp3) is 0.300. The van der Waals surface area contributed by atoms with Crippen LogP contribution < -0.4 is 10.1 Å². The van der Waals surface area contributed by atoms with Gasteiger partial charge >= 0.3 is 5.97 Å². The van der Waals surface area contributed by atoms with Gasteiger partial charge < -0.3 is 14.8 Å². The number of nitrogens with one attached hydrogen (secondary N) is 1. The molecular formula is C20H20ClN3O4S. The van der Waals surface area contributed by atoms with Crippen LogP contribution in [0.25, 0.3) is 0 Å². The number of amides is 1. The Kier molecular flexibility index (Phi) is 7.88. The molecule has 2 rings (SSSR count). The predicted molar refractivity (Wildman–Crippen MR) is 112 cm³/mol. The van der Waals surface area contributed by atoms with Crippen LogP contribution in [0.5, 0.6) is 5.75 Å². The molecule has 0 aliphatic heterocycles. The van der Waals surface area contributed by atoms with Crippen LogP contribution in [0.15, 0.2) is 29.3 Å². The van der Waals surface area contributed by atoms with Gasteiger partial charge in [0, 0.05) is 5.02 Å². The van der Waals surface area contributed by atoms with Gasteiger partial charge in [0.2, 0.25) is 5.91 Å². The molecule has 9 heteroatoms. The lowest BCUT2D eigenvalue weighted by atomic mass is 10.1. The van der Waals surface area contributed by atoms with Gasteiger partial charge in [0.05, 0.1) is 41.5 Å². The number of carbonyl (C=O) groups excluding carboxylic acids is 2. The Morgan fingerprint density at radius 2 is 2.10 bits per heavy atom. The quantitative estimate of drug-likeness (QED) is 0.515. The minimum Gasteiger partial charge on any atom is -0.495 e. The Morgan fingerprint density at radius 3 is 2.72 bits per heavy atom. The second-order valence-corrected chi connectivity index (χ2v) is 7.67. The molecule has 1 aromatic carbocycles. The number of pyridine rings is 1. The number of hydrogen-bond donors (Lipinski definition) is 1. The van der Waals surface area contributed by atoms with Gasteiger partial charge in [-0.1, -0.05) is 23.4 Å². The molecule has 2 aromatic rings. The molecule has 0 saturated carbocycles. The maximum absolute atomic E-state index is 12.6. The van der Waals surface area contributed by atoms with Crippen LogP contribution in [0.1, 0.15) is 35.5 Å². The van der Waals surface area contributed by atoms with E-state index in [4.69, 9.17) is 21.1 Å². The van der Waals surface area contributed by atoms with Crippen molar-refractivity contribution in [1.82, 2.24) is 4.98 Å². The molecular weight excluding hydrogens is 414 g/mol. The molecule has 1 amide bonds. The number of methoxy groups -OCH3 is 1. The van der Waals surface area contributed by atoms with Crippen LogP contribution in [0.4, 0.5) is 5.69 Å². The molecule has 1 heterocycles. The third-order valence-electron chi connectivity index (χ3n) is 3.87. The highest BCUT2D eigenvalue weighted by atomic mass is 35.5. The molecule has 152 valence electrons. The highest BCUT2D eigenvalue weighted by Gasteiger charge is 2.22. The number of hydrogen-bond acceptors (Lipinski definition) is 7. The average molecular weight is 434 g/mol. The van der Waals surface area contributed by atoms with Crippen molar-refractivity contribution in [2.24, 2.45) is 0 Å². The number of halogens is 1. The van der Waals surface area contributed by atoms with E-state index in [0.717, 1.165) is 11.8 Å². The van der Waals surface area contributed by atoms with E-state index >= 15 is 0 Å². The van der Waals surface area contributed by atoms with E-state index < -0.39 is 11.2 Å². The zero-order valence-corrected chi connectivity index (χ0v) is 18.0. The lowest BCUT2D eigenvalue weighted by molar-refractivity contribution is -0.115. The van der Waals surface area contributed by atoms with E-state index in [0.29, 0.717) is 27.2 Å². The van der Waals surface area contributed by atoms with Crippen LogP contribution in [0.3, 0.4) is 0 Å². The number of aryl methyl sites for hydroxylation is 1. The summed E-state index contributed by atoms with van der Waals surface area (Å²) in [5.41, 5.74) is 1.30. The van der Waals surface area contributed by atoms with E-state index in [1.165, 1.54) is 13.2 Å². The van der Waals surface area contributed by atoms with Gasteiger partial charge in [0.1, 0.15) is 16.8 Å². The summed E-state index contributed by atoms with van der Waals surface area (Å²) in [7, 11) is 1.49. The number of thioether (sulfide) groups is 1. The summed E-state index contributed by atoms with van der Waals surface area (Å²) in [5, 5.41) is 12.5. The Labute approximate surface area is 178 Å². The summed E-state index contributed by atoms with van der Waals surface area (Å²) in [4.78, 5) is 29.0. The van der Waals surface area contributed by atoms with Crippen molar-refractivity contribution in [2.45, 2.75) is 31.0 Å². The summed E-state index contributed by atoms with van der Waals surface area (Å²) < 4.78 is 10.2. The molecule has 1 N–H and O–H groups in total. The number of nitriles is 1. The third-order valence-corrected chi connectivity index (χ3v) is 5.21. The first-order chi connectivity index (χ1) is 13.8. The number of ether oxygens (including phenoxy) is 2. The Hall–Kier alpha value is -2.76. The number of nitrogens with zero attached hydrogens (tertiary/aromatic N) is 2. The predicted octanol–water partition coefficient (Wildman–Crippen LogP) is 4.22. The zero-order chi connectivity index (χ0) is 21.6. The molecule has 0 fully saturated rings. The smallest absolute Gasteiger partial charge is 0.340 e. The van der Waals surface area contributed by atoms with E-state index in [9.17, 15) is 14.9 Å². The van der Waals surface area contributed by atoms with Crippen molar-refractivity contribution in [3.8, 4) is 11.8 Å². The maximum Gasteiger partial charge on any atom is 0.340 e. The number of anilines is 1. The van der Waals surface area contributed by atoms with Gasteiger partial charge in [0.25, 0.3) is 0 Å². The minimum absolute atomic E-state index is 0.198. The van der Waals surface area contributed by atoms with Crippen LogP contribution in [0, 0.1) is 18.3 Å². The number of rotatable bonds is 7. The van der Waals surface area contributed by atoms with Crippen molar-refractivity contribution in [3.05, 3.63) is 46.1 Å². The van der Waals surface area contributed by atoms with Crippen molar-refractivity contribution in [3.63, 3.8) is 0 Å². The second-order valence-electron chi connectivity index (χ2n) is 5.90. The normalized spacial score (nSPS) is 11.3. The fourth-order valence-electron chi connectivity index (χ4n) is 2.40. The van der Waals surface area contributed by atoms with Crippen molar-refractivity contribution in [1.29, 1.82) is 5.26 Å². The topological polar surface area (TPSA) is 101 Å². The van der Waals surface area contributed by atoms with Gasteiger partial charge in [-0.2, -0.15) is 5.26 Å². The summed E-state index contributed by atoms with van der Waals surface area (Å²) in [6, 6.07) is 8.36. The highest BCUT2D eigenvalue weighted by Crippen LogP contribution is 2.31. The maximum atomic E-state index is 12.6. The van der Waals surface area contributed by atoms with Crippen molar-refractivity contribution < 1.29 is 19.1 Å². The standard InChI is InChI=1S/C20H20ClN3O4S/c1-5-28-20(26)15-8-13(10-22)19(23-11(15)2)29-12(3)18(25)24-16-9-14(21)6-7-17(16)27-4/h6-9,12H,5H2,1-4H3,(H,24,25). The van der Waals surface area contributed by atoms with Crippen LogP contribution in [-0.4, -0.2) is 35.8 Å². The molecule has 1 aromatic heterocycles. The lowest BCUT2D eigenvalue weighted by Crippen LogP contribution is -2.23. The summed E-state index contributed by atoms with van der Waals surface area (Å²) in [6.07, 6.45) is 0. The van der Waals surface area contributed by atoms with Gasteiger partial charge in [-0.15, -0.1) is 0 Å². The van der Waals surface area contributed by atoms with E-state index in [-0.39, 0.29) is 23.6 Å². The molecule has 0 bridgehead atoms. The van der Waals surface area contributed by atoms with Crippen LogP contribution in [-0.2, 0) is 9.53 Å². The molecule has 7 nitrogen and oxygen atoms in total. The van der Waals surface area contributed by atoms with Crippen molar-refractivity contribution in [2.75, 3.05) is 19.0 Å². The monoisotopic (exact) mass is 433 g/mol. The first-order valence-electron chi connectivity index (χ1n) is 8.70. The summed E-state index contributed by atoms with van der Waals surface area (Å²) in [6.45, 7) is 5.26. The molecule has 1 atom stereocenters. The molecule has 0 aliphatic carbocycles. The first kappa shape index (κ1) is 22.5. The Bertz CT molecular complexity index is 975. The number of carbonyl (C=O) groups is 2. The molecule has 0 spiro atoms. The fourth-order valence-corrected chi connectivity index (χ4v) is 3.50. The highest BCUT2D eigenvalue weighted by molar-refractivity contribution is 8.00. The molecule has 1 unspecified atom stereocenters. The first-order valence-corrected chi connectivity index (χ1v) is 9.96. The largest absolute Gasteiger partial charge is 0.495 e. The minimum atomic E-state index is -0.578. The van der Waals surface area contributed by atoms with E-state index in [1.54, 1.807) is 39.0 Å². The lowest BCUT2D eigenvalue weighted by Gasteiger charge is -2.15. The molecule has 0 radical (unpaired) electrons. The number of aromatic nitrogens is 1. The molecule has 29 heavy (non-hydrogen) atoms. The second kappa shape index (κ2) is 10.1. The molecule has 0 aliphatic rings. The number of esters is 1. The third kappa shape index (κ3) is 5.62. The van der Waals surface area contributed by atoms with Crippen LogP contribution >= 0.6 is 23.4 Å². The van der Waals surface area contributed by atoms with Crippen molar-refractivity contribution >= 4 is 40.9 Å². The molecule has 0 saturated heterocycles. The zero-order valence-electron chi connectivity index (χ0n) is 16.4. The van der Waals surface area contributed by atoms with Gasteiger partial charge in [-0.3, -0.25) is 4.79 Å². The van der Waals surface area contributed by atoms with Gasteiger partial charge in [-0.25, -0.2) is 9.78 Å². The number of benzene rings is 1. The van der Waals surface area contributed by atoms with E-state index in [2.05, 4.69) is 10.3 Å². The summed E-state index contributed by atoms with van der Waals surface area (Å²) in [5.74, 6) is -0.372. The average Bonchev–Trinajstić information content (AvgIpc) is 2.68. The van der Waals surface area contributed by atoms with Crippen LogP contribution in [0.2, 0.25) is 5.02 Å². The Morgan fingerprint density at radius 1 is 1.38 bits per heavy atom. The van der Waals surface area contributed by atoms with Gasteiger partial charge in [0.15, 0.2) is 0 Å². The van der Waals surface area contributed by atoms with Gasteiger partial charge in [-0.05, 0) is 45.0 Å².